The average molecular weight is 312 g/mol. The molecule has 2 rings (SSSR count). The minimum absolute atomic E-state index is 0.0452. The fourth-order valence-corrected chi connectivity index (χ4v) is 1.82. The summed E-state index contributed by atoms with van der Waals surface area (Å²) >= 11 is 3.14. The molecule has 94 valence electrons. The standard InChI is InChI=1S/C12H11BrFN3O/c13-9-1-2-10(11(14)7-9)12(18)16-4-6-17-5-3-15-8-17/h1-3,5,7-8H,4,6H2,(H,16,18). The predicted molar refractivity (Wildman–Crippen MR) is 68.7 cm³/mol. The van der Waals surface area contributed by atoms with Crippen LogP contribution >= 0.6 is 15.9 Å². The van der Waals surface area contributed by atoms with Crippen LogP contribution in [0, 0.1) is 5.82 Å². The number of carbonyl (C=O) groups excluding carboxylic acids is 1. The predicted octanol–water partition coefficient (Wildman–Crippen LogP) is 2.21. The molecule has 2 aromatic rings. The summed E-state index contributed by atoms with van der Waals surface area (Å²) in [5, 5.41) is 2.65. The van der Waals surface area contributed by atoms with Gasteiger partial charge in [-0.15, -0.1) is 0 Å². The maximum Gasteiger partial charge on any atom is 0.254 e. The topological polar surface area (TPSA) is 46.9 Å². The zero-order valence-corrected chi connectivity index (χ0v) is 11.0. The van der Waals surface area contributed by atoms with Crippen molar-refractivity contribution in [2.45, 2.75) is 6.54 Å². The molecule has 0 bridgehead atoms. The molecule has 0 spiro atoms. The Morgan fingerprint density at radius 2 is 2.33 bits per heavy atom. The van der Waals surface area contributed by atoms with E-state index >= 15 is 0 Å². The van der Waals surface area contributed by atoms with Crippen LogP contribution in [-0.2, 0) is 6.54 Å². The number of nitrogens with one attached hydrogen (secondary N) is 1. The molecule has 0 atom stereocenters. The van der Waals surface area contributed by atoms with Gasteiger partial charge >= 0.3 is 0 Å². The number of hydrogen-bond donors (Lipinski definition) is 1. The Hall–Kier alpha value is -1.69. The molecule has 0 saturated heterocycles. The molecule has 1 aromatic carbocycles. The first-order chi connectivity index (χ1) is 8.66. The molecular formula is C12H11BrFN3O. The van der Waals surface area contributed by atoms with Gasteiger partial charge in [0.25, 0.3) is 5.91 Å². The Kier molecular flexibility index (Phi) is 4.09. The Morgan fingerprint density at radius 1 is 1.50 bits per heavy atom. The van der Waals surface area contributed by atoms with Gasteiger partial charge in [-0.25, -0.2) is 9.37 Å². The molecule has 6 heteroatoms. The zero-order chi connectivity index (χ0) is 13.0. The van der Waals surface area contributed by atoms with Gasteiger partial charge in [0.1, 0.15) is 5.82 Å². The van der Waals surface area contributed by atoms with Crippen molar-refractivity contribution in [1.29, 1.82) is 0 Å². The summed E-state index contributed by atoms with van der Waals surface area (Å²) in [6.45, 7) is 1.02. The number of aromatic nitrogens is 2. The normalized spacial score (nSPS) is 10.3. The summed E-state index contributed by atoms with van der Waals surface area (Å²) in [6.07, 6.45) is 5.12. The van der Waals surface area contributed by atoms with Crippen molar-refractivity contribution in [3.05, 3.63) is 52.8 Å². The lowest BCUT2D eigenvalue weighted by Crippen LogP contribution is -2.27. The Morgan fingerprint density at radius 3 is 3.00 bits per heavy atom. The maximum atomic E-state index is 13.5. The Labute approximate surface area is 112 Å². The van der Waals surface area contributed by atoms with Crippen molar-refractivity contribution in [1.82, 2.24) is 14.9 Å². The SMILES string of the molecule is O=C(NCCn1ccnc1)c1ccc(Br)cc1F. The van der Waals surface area contributed by atoms with E-state index in [0.29, 0.717) is 17.6 Å². The molecule has 0 fully saturated rings. The van der Waals surface area contributed by atoms with Crippen LogP contribution < -0.4 is 5.32 Å². The smallest absolute Gasteiger partial charge is 0.254 e. The number of carbonyl (C=O) groups is 1. The van der Waals surface area contributed by atoms with E-state index in [4.69, 9.17) is 0 Å². The number of nitrogens with zero attached hydrogens (tertiary/aromatic N) is 2. The van der Waals surface area contributed by atoms with Crippen LogP contribution in [-0.4, -0.2) is 22.0 Å². The summed E-state index contributed by atoms with van der Waals surface area (Å²) in [7, 11) is 0. The van der Waals surface area contributed by atoms with Crippen molar-refractivity contribution < 1.29 is 9.18 Å². The number of benzene rings is 1. The van der Waals surface area contributed by atoms with Crippen molar-refractivity contribution in [2.75, 3.05) is 6.54 Å². The van der Waals surface area contributed by atoms with Crippen LogP contribution in [0.3, 0.4) is 0 Å². The van der Waals surface area contributed by atoms with E-state index in [1.54, 1.807) is 24.8 Å². The summed E-state index contributed by atoms with van der Waals surface area (Å²) < 4.78 is 15.9. The van der Waals surface area contributed by atoms with Crippen LogP contribution in [0.5, 0.6) is 0 Å². The molecule has 1 heterocycles. The third-order valence-corrected chi connectivity index (χ3v) is 2.88. The minimum atomic E-state index is -0.537. The van der Waals surface area contributed by atoms with Gasteiger partial charge in [0.05, 0.1) is 11.9 Å². The molecule has 0 saturated carbocycles. The molecule has 1 amide bonds. The van der Waals surface area contributed by atoms with Gasteiger partial charge in [0.2, 0.25) is 0 Å². The number of hydrogen-bond acceptors (Lipinski definition) is 2. The number of imidazole rings is 1. The maximum absolute atomic E-state index is 13.5. The lowest BCUT2D eigenvalue weighted by atomic mass is 10.2. The lowest BCUT2D eigenvalue weighted by Gasteiger charge is -2.06. The molecule has 0 aliphatic heterocycles. The van der Waals surface area contributed by atoms with Crippen LogP contribution in [0.25, 0.3) is 0 Å². The summed E-state index contributed by atoms with van der Waals surface area (Å²) in [5.74, 6) is -0.954. The third-order valence-electron chi connectivity index (χ3n) is 2.39. The molecule has 1 aromatic heterocycles. The van der Waals surface area contributed by atoms with E-state index in [0.717, 1.165) is 0 Å². The van der Waals surface area contributed by atoms with Crippen LogP contribution in [0.1, 0.15) is 10.4 Å². The molecule has 0 unspecified atom stereocenters. The largest absolute Gasteiger partial charge is 0.350 e. The molecule has 1 N–H and O–H groups in total. The molecule has 18 heavy (non-hydrogen) atoms. The van der Waals surface area contributed by atoms with Gasteiger partial charge in [0, 0.05) is 30.0 Å². The monoisotopic (exact) mass is 311 g/mol. The zero-order valence-electron chi connectivity index (χ0n) is 9.44. The van der Waals surface area contributed by atoms with Gasteiger partial charge in [-0.3, -0.25) is 4.79 Å². The average Bonchev–Trinajstić information content (AvgIpc) is 2.81. The second kappa shape index (κ2) is 5.77. The Balaban J connectivity index is 1.91. The second-order valence-electron chi connectivity index (χ2n) is 3.68. The first kappa shape index (κ1) is 12.8. The quantitative estimate of drug-likeness (QED) is 0.941. The second-order valence-corrected chi connectivity index (χ2v) is 4.60. The molecule has 0 aliphatic carbocycles. The van der Waals surface area contributed by atoms with Crippen molar-refractivity contribution in [2.24, 2.45) is 0 Å². The van der Waals surface area contributed by atoms with E-state index < -0.39 is 11.7 Å². The van der Waals surface area contributed by atoms with Gasteiger partial charge in [0.15, 0.2) is 0 Å². The van der Waals surface area contributed by atoms with Crippen molar-refractivity contribution in [3.8, 4) is 0 Å². The highest BCUT2D eigenvalue weighted by atomic mass is 79.9. The van der Waals surface area contributed by atoms with Crippen molar-refractivity contribution in [3.63, 3.8) is 0 Å². The van der Waals surface area contributed by atoms with Crippen molar-refractivity contribution >= 4 is 21.8 Å². The number of amides is 1. The van der Waals surface area contributed by atoms with E-state index in [-0.39, 0.29) is 5.56 Å². The summed E-state index contributed by atoms with van der Waals surface area (Å²) in [6, 6.07) is 4.35. The molecular weight excluding hydrogens is 301 g/mol. The van der Waals surface area contributed by atoms with E-state index in [2.05, 4.69) is 26.2 Å². The van der Waals surface area contributed by atoms with E-state index in [1.807, 2.05) is 4.57 Å². The third kappa shape index (κ3) is 3.16. The number of rotatable bonds is 4. The Bertz CT molecular complexity index is 542. The van der Waals surface area contributed by atoms with Gasteiger partial charge in [-0.05, 0) is 18.2 Å². The highest BCUT2D eigenvalue weighted by Gasteiger charge is 2.10. The van der Waals surface area contributed by atoms with E-state index in [1.165, 1.54) is 12.1 Å². The minimum Gasteiger partial charge on any atom is -0.350 e. The van der Waals surface area contributed by atoms with Crippen LogP contribution in [0.4, 0.5) is 4.39 Å². The number of halogens is 2. The van der Waals surface area contributed by atoms with Crippen LogP contribution in [0.15, 0.2) is 41.4 Å². The highest BCUT2D eigenvalue weighted by molar-refractivity contribution is 9.10. The fourth-order valence-electron chi connectivity index (χ4n) is 1.49. The fraction of sp³-hybridized carbons (Fsp3) is 0.167. The van der Waals surface area contributed by atoms with Gasteiger partial charge < -0.3 is 9.88 Å². The summed E-state index contributed by atoms with van der Waals surface area (Å²) in [4.78, 5) is 15.6. The first-order valence-electron chi connectivity index (χ1n) is 5.36. The highest BCUT2D eigenvalue weighted by Crippen LogP contribution is 2.14. The van der Waals surface area contributed by atoms with Crippen LogP contribution in [0.2, 0.25) is 0 Å². The van der Waals surface area contributed by atoms with E-state index in [9.17, 15) is 9.18 Å². The molecule has 4 nitrogen and oxygen atoms in total. The first-order valence-corrected chi connectivity index (χ1v) is 6.15. The summed E-state index contributed by atoms with van der Waals surface area (Å²) in [5.41, 5.74) is 0.0452. The lowest BCUT2D eigenvalue weighted by molar-refractivity contribution is 0.0948. The molecule has 0 aliphatic rings. The van der Waals surface area contributed by atoms with Gasteiger partial charge in [-0.2, -0.15) is 0 Å². The van der Waals surface area contributed by atoms with Gasteiger partial charge in [-0.1, -0.05) is 15.9 Å². The molecule has 0 radical (unpaired) electrons.